The maximum atomic E-state index is 12.4. The predicted molar refractivity (Wildman–Crippen MR) is 89.0 cm³/mol. The molecule has 2 atom stereocenters. The number of rotatable bonds is 3. The highest BCUT2D eigenvalue weighted by Crippen LogP contribution is 2.23. The lowest BCUT2D eigenvalue weighted by Crippen LogP contribution is -2.53. The van der Waals surface area contributed by atoms with Crippen molar-refractivity contribution in [2.75, 3.05) is 32.7 Å². The second kappa shape index (κ2) is 6.99. The van der Waals surface area contributed by atoms with Crippen molar-refractivity contribution in [3.05, 3.63) is 34.9 Å². The molecule has 120 valence electrons. The first-order chi connectivity index (χ1) is 10.6. The van der Waals surface area contributed by atoms with Crippen molar-refractivity contribution in [2.45, 2.75) is 31.8 Å². The Morgan fingerprint density at radius 2 is 1.91 bits per heavy atom. The molecule has 1 amide bonds. The SMILES string of the molecule is CC(c1ccc(Cl)cc1)N1CCN(C(=O)C2CCCN2)CC1. The molecule has 0 aliphatic carbocycles. The van der Waals surface area contributed by atoms with Gasteiger partial charge in [-0.3, -0.25) is 9.69 Å². The van der Waals surface area contributed by atoms with Gasteiger partial charge in [-0.05, 0) is 44.0 Å². The van der Waals surface area contributed by atoms with Gasteiger partial charge in [0.15, 0.2) is 0 Å². The van der Waals surface area contributed by atoms with Gasteiger partial charge in [-0.2, -0.15) is 0 Å². The largest absolute Gasteiger partial charge is 0.339 e. The Morgan fingerprint density at radius 1 is 1.23 bits per heavy atom. The number of carbonyl (C=O) groups is 1. The zero-order valence-corrected chi connectivity index (χ0v) is 13.9. The highest BCUT2D eigenvalue weighted by atomic mass is 35.5. The number of hydrogen-bond donors (Lipinski definition) is 1. The van der Waals surface area contributed by atoms with Gasteiger partial charge in [-0.25, -0.2) is 0 Å². The number of amides is 1. The Morgan fingerprint density at radius 3 is 2.50 bits per heavy atom. The molecule has 2 aliphatic rings. The van der Waals surface area contributed by atoms with E-state index in [1.54, 1.807) is 0 Å². The van der Waals surface area contributed by atoms with Crippen LogP contribution in [0.1, 0.15) is 31.4 Å². The summed E-state index contributed by atoms with van der Waals surface area (Å²) in [7, 11) is 0. The van der Waals surface area contributed by atoms with Crippen LogP contribution in [0.2, 0.25) is 5.02 Å². The van der Waals surface area contributed by atoms with Crippen molar-refractivity contribution < 1.29 is 4.79 Å². The van der Waals surface area contributed by atoms with Crippen molar-refractivity contribution >= 4 is 17.5 Å². The second-order valence-electron chi connectivity index (χ2n) is 6.24. The van der Waals surface area contributed by atoms with Crippen LogP contribution in [0.25, 0.3) is 0 Å². The van der Waals surface area contributed by atoms with Gasteiger partial charge in [0.05, 0.1) is 6.04 Å². The predicted octanol–water partition coefficient (Wildman–Crippen LogP) is 2.30. The number of hydrogen-bond acceptors (Lipinski definition) is 3. The van der Waals surface area contributed by atoms with Crippen LogP contribution < -0.4 is 5.32 Å². The monoisotopic (exact) mass is 321 g/mol. The molecule has 0 bridgehead atoms. The van der Waals surface area contributed by atoms with Gasteiger partial charge >= 0.3 is 0 Å². The van der Waals surface area contributed by atoms with E-state index in [9.17, 15) is 4.79 Å². The first-order valence-corrected chi connectivity index (χ1v) is 8.54. The van der Waals surface area contributed by atoms with Crippen molar-refractivity contribution in [3.8, 4) is 0 Å². The Kier molecular flexibility index (Phi) is 5.01. The number of benzene rings is 1. The van der Waals surface area contributed by atoms with Crippen molar-refractivity contribution in [3.63, 3.8) is 0 Å². The maximum Gasteiger partial charge on any atom is 0.239 e. The van der Waals surface area contributed by atoms with Crippen LogP contribution >= 0.6 is 11.6 Å². The first-order valence-electron chi connectivity index (χ1n) is 8.17. The van der Waals surface area contributed by atoms with Gasteiger partial charge in [0.25, 0.3) is 0 Å². The van der Waals surface area contributed by atoms with Gasteiger partial charge in [0.2, 0.25) is 5.91 Å². The summed E-state index contributed by atoms with van der Waals surface area (Å²) in [5, 5.41) is 4.07. The zero-order valence-electron chi connectivity index (χ0n) is 13.1. The molecular formula is C17H24ClN3O. The molecule has 2 aliphatic heterocycles. The average molecular weight is 322 g/mol. The van der Waals surface area contributed by atoms with E-state index in [4.69, 9.17) is 11.6 Å². The van der Waals surface area contributed by atoms with Crippen LogP contribution in [0, 0.1) is 0 Å². The topological polar surface area (TPSA) is 35.6 Å². The fourth-order valence-corrected chi connectivity index (χ4v) is 3.52. The van der Waals surface area contributed by atoms with Gasteiger partial charge in [0.1, 0.15) is 0 Å². The van der Waals surface area contributed by atoms with Crippen LogP contribution in [0.15, 0.2) is 24.3 Å². The summed E-state index contributed by atoms with van der Waals surface area (Å²) >= 11 is 5.95. The van der Waals surface area contributed by atoms with Crippen LogP contribution in [0.4, 0.5) is 0 Å². The van der Waals surface area contributed by atoms with E-state index in [-0.39, 0.29) is 11.9 Å². The summed E-state index contributed by atoms with van der Waals surface area (Å²) in [4.78, 5) is 16.9. The summed E-state index contributed by atoms with van der Waals surface area (Å²) in [5.41, 5.74) is 1.28. The Bertz CT molecular complexity index is 505. The molecule has 3 rings (SSSR count). The van der Waals surface area contributed by atoms with Crippen molar-refractivity contribution in [1.82, 2.24) is 15.1 Å². The molecule has 0 aromatic heterocycles. The molecule has 2 heterocycles. The molecule has 4 nitrogen and oxygen atoms in total. The third kappa shape index (κ3) is 3.45. The molecule has 2 fully saturated rings. The molecule has 0 spiro atoms. The van der Waals surface area contributed by atoms with E-state index in [1.807, 2.05) is 17.0 Å². The Labute approximate surface area is 137 Å². The van der Waals surface area contributed by atoms with Crippen molar-refractivity contribution in [2.24, 2.45) is 0 Å². The highest BCUT2D eigenvalue weighted by molar-refractivity contribution is 6.30. The number of nitrogens with zero attached hydrogens (tertiary/aromatic N) is 2. The number of piperazine rings is 1. The summed E-state index contributed by atoms with van der Waals surface area (Å²) in [6.45, 7) is 6.72. The first kappa shape index (κ1) is 15.8. The molecular weight excluding hydrogens is 298 g/mol. The fourth-order valence-electron chi connectivity index (χ4n) is 3.40. The van der Waals surface area contributed by atoms with E-state index in [0.717, 1.165) is 50.6 Å². The highest BCUT2D eigenvalue weighted by Gasteiger charge is 2.30. The standard InChI is InChI=1S/C17H24ClN3O/c1-13(14-4-6-15(18)7-5-14)20-9-11-21(12-10-20)17(22)16-3-2-8-19-16/h4-7,13,16,19H,2-3,8-12H2,1H3. The van der Waals surface area contributed by atoms with Gasteiger partial charge in [-0.15, -0.1) is 0 Å². The van der Waals surface area contributed by atoms with Gasteiger partial charge in [0, 0.05) is 37.2 Å². The normalized spacial score (nSPS) is 24.5. The minimum Gasteiger partial charge on any atom is -0.339 e. The van der Waals surface area contributed by atoms with Crippen molar-refractivity contribution in [1.29, 1.82) is 0 Å². The van der Waals surface area contributed by atoms with Crippen LogP contribution in [0.3, 0.4) is 0 Å². The lowest BCUT2D eigenvalue weighted by molar-refractivity contribution is -0.135. The quantitative estimate of drug-likeness (QED) is 0.928. The van der Waals surface area contributed by atoms with Crippen LogP contribution in [-0.4, -0.2) is 54.5 Å². The molecule has 22 heavy (non-hydrogen) atoms. The Hall–Kier alpha value is -1.10. The van der Waals surface area contributed by atoms with Crippen LogP contribution in [0.5, 0.6) is 0 Å². The number of halogens is 1. The summed E-state index contributed by atoms with van der Waals surface area (Å²) in [6.07, 6.45) is 2.10. The third-order valence-electron chi connectivity index (χ3n) is 4.88. The average Bonchev–Trinajstić information content (AvgIpc) is 3.09. The van der Waals surface area contributed by atoms with E-state index >= 15 is 0 Å². The summed E-state index contributed by atoms with van der Waals surface area (Å²) in [5.74, 6) is 0.288. The van der Waals surface area contributed by atoms with E-state index in [0.29, 0.717) is 6.04 Å². The lowest BCUT2D eigenvalue weighted by atomic mass is 10.1. The number of carbonyl (C=O) groups excluding carboxylic acids is 1. The van der Waals surface area contributed by atoms with Gasteiger partial charge in [-0.1, -0.05) is 23.7 Å². The number of nitrogens with one attached hydrogen (secondary N) is 1. The third-order valence-corrected chi connectivity index (χ3v) is 5.14. The van der Waals surface area contributed by atoms with E-state index in [1.165, 1.54) is 5.56 Å². The lowest BCUT2D eigenvalue weighted by Gasteiger charge is -2.39. The maximum absolute atomic E-state index is 12.4. The van der Waals surface area contributed by atoms with Gasteiger partial charge < -0.3 is 10.2 Å². The minimum atomic E-state index is 0.0558. The zero-order chi connectivity index (χ0) is 15.5. The molecule has 5 heteroatoms. The smallest absolute Gasteiger partial charge is 0.239 e. The molecule has 1 N–H and O–H groups in total. The molecule has 0 radical (unpaired) electrons. The fraction of sp³-hybridized carbons (Fsp3) is 0.588. The van der Waals surface area contributed by atoms with E-state index < -0.39 is 0 Å². The molecule has 0 saturated carbocycles. The molecule has 2 unspecified atom stereocenters. The summed E-state index contributed by atoms with van der Waals surface area (Å²) in [6, 6.07) is 8.48. The second-order valence-corrected chi connectivity index (χ2v) is 6.67. The molecule has 1 aromatic rings. The molecule has 2 saturated heterocycles. The Balaban J connectivity index is 1.54. The summed E-state index contributed by atoms with van der Waals surface area (Å²) < 4.78 is 0. The van der Waals surface area contributed by atoms with Crippen LogP contribution in [-0.2, 0) is 4.79 Å². The minimum absolute atomic E-state index is 0.0558. The van der Waals surface area contributed by atoms with E-state index in [2.05, 4.69) is 29.3 Å². The molecule has 1 aromatic carbocycles.